The van der Waals surface area contributed by atoms with Crippen LogP contribution in [0.1, 0.15) is 46.0 Å². The van der Waals surface area contributed by atoms with Crippen LogP contribution in [0.4, 0.5) is 0 Å². The van der Waals surface area contributed by atoms with Gasteiger partial charge in [-0.15, -0.1) is 0 Å². The second-order valence-electron chi connectivity index (χ2n) is 4.23. The summed E-state index contributed by atoms with van der Waals surface area (Å²) in [4.78, 5) is 11.1. The molecule has 0 bridgehead atoms. The highest BCUT2D eigenvalue weighted by molar-refractivity contribution is 7.85. The standard InChI is InChI=1S/C11H22O5S/c1-10(2)16-11(12)8-6-4-5-7-9-15-17(3,13)14/h10H,4-9H2,1-3H3. The Morgan fingerprint density at radius 1 is 1.12 bits per heavy atom. The third-order valence-electron chi connectivity index (χ3n) is 1.94. The van der Waals surface area contributed by atoms with Crippen LogP contribution in [0, 0.1) is 0 Å². The molecular weight excluding hydrogens is 244 g/mol. The lowest BCUT2D eigenvalue weighted by Crippen LogP contribution is -2.10. The minimum Gasteiger partial charge on any atom is -0.463 e. The van der Waals surface area contributed by atoms with Gasteiger partial charge in [-0.25, -0.2) is 0 Å². The van der Waals surface area contributed by atoms with Gasteiger partial charge in [-0.2, -0.15) is 8.42 Å². The van der Waals surface area contributed by atoms with Gasteiger partial charge >= 0.3 is 5.97 Å². The first-order valence-electron chi connectivity index (χ1n) is 5.85. The average molecular weight is 266 g/mol. The zero-order valence-electron chi connectivity index (χ0n) is 10.8. The van der Waals surface area contributed by atoms with Crippen LogP contribution in [0.2, 0.25) is 0 Å². The second kappa shape index (κ2) is 8.47. The van der Waals surface area contributed by atoms with Crippen molar-refractivity contribution in [3.8, 4) is 0 Å². The van der Waals surface area contributed by atoms with Gasteiger partial charge in [-0.05, 0) is 26.7 Å². The van der Waals surface area contributed by atoms with Crippen molar-refractivity contribution in [3.05, 3.63) is 0 Å². The molecule has 0 aromatic carbocycles. The number of ether oxygens (including phenoxy) is 1. The molecule has 0 aliphatic rings. The summed E-state index contributed by atoms with van der Waals surface area (Å²) in [6.07, 6.45) is 4.58. The molecule has 5 nitrogen and oxygen atoms in total. The highest BCUT2D eigenvalue weighted by Crippen LogP contribution is 2.06. The highest BCUT2D eigenvalue weighted by Gasteiger charge is 2.05. The zero-order valence-corrected chi connectivity index (χ0v) is 11.6. The van der Waals surface area contributed by atoms with Gasteiger partial charge in [0.15, 0.2) is 0 Å². The number of esters is 1. The van der Waals surface area contributed by atoms with Crippen LogP contribution < -0.4 is 0 Å². The number of unbranched alkanes of at least 4 members (excludes halogenated alkanes) is 3. The Kier molecular flexibility index (Phi) is 8.16. The van der Waals surface area contributed by atoms with E-state index in [1.165, 1.54) is 0 Å². The smallest absolute Gasteiger partial charge is 0.306 e. The molecule has 0 aliphatic heterocycles. The van der Waals surface area contributed by atoms with Gasteiger partial charge in [0.05, 0.1) is 19.0 Å². The first-order chi connectivity index (χ1) is 7.81. The fourth-order valence-electron chi connectivity index (χ4n) is 1.26. The monoisotopic (exact) mass is 266 g/mol. The van der Waals surface area contributed by atoms with E-state index >= 15 is 0 Å². The van der Waals surface area contributed by atoms with Gasteiger partial charge in [0.25, 0.3) is 10.1 Å². The number of rotatable bonds is 9. The SMILES string of the molecule is CC(C)OC(=O)CCCCCCOS(C)(=O)=O. The minimum absolute atomic E-state index is 0.0642. The van der Waals surface area contributed by atoms with E-state index in [-0.39, 0.29) is 18.7 Å². The molecule has 0 N–H and O–H groups in total. The molecule has 0 aromatic heterocycles. The molecule has 0 aliphatic carbocycles. The molecule has 17 heavy (non-hydrogen) atoms. The van der Waals surface area contributed by atoms with E-state index < -0.39 is 10.1 Å². The molecule has 0 atom stereocenters. The average Bonchev–Trinajstić information content (AvgIpc) is 2.13. The lowest BCUT2D eigenvalue weighted by atomic mass is 10.1. The molecule has 0 fully saturated rings. The minimum atomic E-state index is -3.32. The molecule has 0 heterocycles. The predicted molar refractivity (Wildman–Crippen MR) is 65.1 cm³/mol. The Bertz CT molecular complexity index is 308. The maximum Gasteiger partial charge on any atom is 0.306 e. The molecule has 0 radical (unpaired) electrons. The van der Waals surface area contributed by atoms with Crippen molar-refractivity contribution in [1.29, 1.82) is 0 Å². The summed E-state index contributed by atoms with van der Waals surface area (Å²) < 4.78 is 30.8. The molecule has 0 rings (SSSR count). The summed E-state index contributed by atoms with van der Waals surface area (Å²) >= 11 is 0. The normalized spacial score (nSPS) is 11.8. The van der Waals surface area contributed by atoms with Crippen molar-refractivity contribution < 1.29 is 22.1 Å². The lowest BCUT2D eigenvalue weighted by Gasteiger charge is -2.07. The Labute approximate surface area is 104 Å². The van der Waals surface area contributed by atoms with Crippen LogP contribution in [0.5, 0.6) is 0 Å². The van der Waals surface area contributed by atoms with E-state index in [4.69, 9.17) is 4.74 Å². The Balaban J connectivity index is 3.33. The number of hydrogen-bond acceptors (Lipinski definition) is 5. The van der Waals surface area contributed by atoms with Crippen molar-refractivity contribution in [2.24, 2.45) is 0 Å². The molecule has 0 aromatic rings. The third kappa shape index (κ3) is 13.3. The maximum atomic E-state index is 11.1. The van der Waals surface area contributed by atoms with Gasteiger partial charge < -0.3 is 4.74 Å². The molecule has 6 heteroatoms. The second-order valence-corrected chi connectivity index (χ2v) is 5.87. The molecule has 0 unspecified atom stereocenters. The van der Waals surface area contributed by atoms with Crippen molar-refractivity contribution in [2.45, 2.75) is 52.1 Å². The van der Waals surface area contributed by atoms with Gasteiger partial charge in [0.2, 0.25) is 0 Å². The summed E-state index contributed by atoms with van der Waals surface area (Å²) in [5.74, 6) is -0.174. The van der Waals surface area contributed by atoms with E-state index in [9.17, 15) is 13.2 Å². The van der Waals surface area contributed by atoms with Crippen molar-refractivity contribution in [3.63, 3.8) is 0 Å². The fraction of sp³-hybridized carbons (Fsp3) is 0.909. The predicted octanol–water partition coefficient (Wildman–Crippen LogP) is 1.86. The largest absolute Gasteiger partial charge is 0.463 e. The quantitative estimate of drug-likeness (QED) is 0.362. The first kappa shape index (κ1) is 16.4. The van der Waals surface area contributed by atoms with Gasteiger partial charge in [-0.1, -0.05) is 12.8 Å². The fourth-order valence-corrected chi connectivity index (χ4v) is 1.68. The molecule has 0 saturated heterocycles. The molecule has 0 spiro atoms. The van der Waals surface area contributed by atoms with E-state index in [1.807, 2.05) is 13.8 Å². The van der Waals surface area contributed by atoms with Gasteiger partial charge in [0.1, 0.15) is 0 Å². The van der Waals surface area contributed by atoms with E-state index in [1.54, 1.807) is 0 Å². The van der Waals surface area contributed by atoms with E-state index in [0.29, 0.717) is 12.8 Å². The topological polar surface area (TPSA) is 69.7 Å². The molecule has 102 valence electrons. The number of hydrogen-bond donors (Lipinski definition) is 0. The number of carbonyl (C=O) groups excluding carboxylic acids is 1. The van der Waals surface area contributed by atoms with E-state index in [0.717, 1.165) is 25.5 Å². The van der Waals surface area contributed by atoms with Crippen LogP contribution in [0.25, 0.3) is 0 Å². The maximum absolute atomic E-state index is 11.1. The summed E-state index contributed by atoms with van der Waals surface area (Å²) in [6, 6.07) is 0. The summed E-state index contributed by atoms with van der Waals surface area (Å²) in [6.45, 7) is 3.86. The van der Waals surface area contributed by atoms with Crippen LogP contribution in [0.3, 0.4) is 0 Å². The zero-order chi connectivity index (χ0) is 13.3. The van der Waals surface area contributed by atoms with Crippen LogP contribution >= 0.6 is 0 Å². The van der Waals surface area contributed by atoms with Gasteiger partial charge in [-0.3, -0.25) is 8.98 Å². The molecule has 0 saturated carbocycles. The number of carbonyl (C=O) groups is 1. The summed E-state index contributed by atoms with van der Waals surface area (Å²) in [5, 5.41) is 0. The summed E-state index contributed by atoms with van der Waals surface area (Å²) in [5.41, 5.74) is 0. The van der Waals surface area contributed by atoms with Crippen LogP contribution in [-0.2, 0) is 23.8 Å². The Hall–Kier alpha value is -0.620. The van der Waals surface area contributed by atoms with Crippen molar-refractivity contribution in [1.82, 2.24) is 0 Å². The first-order valence-corrected chi connectivity index (χ1v) is 7.67. The Morgan fingerprint density at radius 2 is 1.71 bits per heavy atom. The highest BCUT2D eigenvalue weighted by atomic mass is 32.2. The molecular formula is C11H22O5S. The van der Waals surface area contributed by atoms with E-state index in [2.05, 4.69) is 4.18 Å². The third-order valence-corrected chi connectivity index (χ3v) is 2.53. The summed E-state index contributed by atoms with van der Waals surface area (Å²) in [7, 11) is -3.32. The van der Waals surface area contributed by atoms with Crippen LogP contribution in [-0.4, -0.2) is 33.4 Å². The van der Waals surface area contributed by atoms with Gasteiger partial charge in [0, 0.05) is 6.42 Å². The van der Waals surface area contributed by atoms with Crippen LogP contribution in [0.15, 0.2) is 0 Å². The Morgan fingerprint density at radius 3 is 2.24 bits per heavy atom. The van der Waals surface area contributed by atoms with Crippen molar-refractivity contribution in [2.75, 3.05) is 12.9 Å². The molecule has 0 amide bonds. The lowest BCUT2D eigenvalue weighted by molar-refractivity contribution is -0.147. The van der Waals surface area contributed by atoms with Crippen molar-refractivity contribution >= 4 is 16.1 Å².